The number of likely N-dealkylation sites (tertiary alicyclic amines) is 2. The zero-order chi connectivity index (χ0) is 20.6. The molecule has 0 bridgehead atoms. The summed E-state index contributed by atoms with van der Waals surface area (Å²) >= 11 is 0. The molecule has 160 valence electrons. The Bertz CT molecular complexity index is 861. The van der Waals surface area contributed by atoms with Gasteiger partial charge in [-0.3, -0.25) is 4.90 Å². The number of halogens is 1. The molecule has 5 rings (SSSR count). The van der Waals surface area contributed by atoms with Crippen LogP contribution in [0.4, 0.5) is 4.39 Å². The lowest BCUT2D eigenvalue weighted by atomic mass is 9.86. The quantitative estimate of drug-likeness (QED) is 0.742. The molecule has 0 aromatic heterocycles. The number of likely N-dealkylation sites (N-methyl/N-ethyl adjacent to an activating group) is 1. The van der Waals surface area contributed by atoms with Crippen LogP contribution in [0.3, 0.4) is 0 Å². The molecule has 3 saturated heterocycles. The Balaban J connectivity index is 1.21. The van der Waals surface area contributed by atoms with Crippen LogP contribution in [0.2, 0.25) is 0 Å². The summed E-state index contributed by atoms with van der Waals surface area (Å²) in [6.07, 6.45) is 3.22. The standard InChI is InChI=1S/C25H31FN2O2/c1-27-17-25(18-27)14-22(16-30-25)28-11-9-20(10-12-28)23-13-21(26)7-8-24(23)29-15-19-5-3-2-4-6-19/h2-8,13,20,22H,9-12,14-18H2,1H3. The van der Waals surface area contributed by atoms with Gasteiger partial charge in [-0.2, -0.15) is 0 Å². The minimum Gasteiger partial charge on any atom is -0.489 e. The molecule has 0 saturated carbocycles. The summed E-state index contributed by atoms with van der Waals surface area (Å²) in [5.41, 5.74) is 2.25. The smallest absolute Gasteiger partial charge is 0.123 e. The van der Waals surface area contributed by atoms with Crippen LogP contribution in [0.15, 0.2) is 48.5 Å². The molecule has 30 heavy (non-hydrogen) atoms. The third-order valence-electron chi connectivity index (χ3n) is 7.00. The third kappa shape index (κ3) is 4.11. The van der Waals surface area contributed by atoms with E-state index in [0.717, 1.165) is 68.9 Å². The van der Waals surface area contributed by atoms with E-state index in [1.54, 1.807) is 12.1 Å². The van der Waals surface area contributed by atoms with E-state index in [4.69, 9.17) is 9.47 Å². The number of nitrogens with zero attached hydrogens (tertiary/aromatic N) is 2. The summed E-state index contributed by atoms with van der Waals surface area (Å²) in [5, 5.41) is 0. The van der Waals surface area contributed by atoms with Gasteiger partial charge in [-0.15, -0.1) is 0 Å². The largest absolute Gasteiger partial charge is 0.489 e. The highest BCUT2D eigenvalue weighted by molar-refractivity contribution is 5.37. The summed E-state index contributed by atoms with van der Waals surface area (Å²) in [6.45, 7) is 5.56. The fourth-order valence-electron chi connectivity index (χ4n) is 5.49. The Hall–Kier alpha value is -1.95. The first-order valence-corrected chi connectivity index (χ1v) is 11.1. The molecule has 1 unspecified atom stereocenters. The predicted molar refractivity (Wildman–Crippen MR) is 115 cm³/mol. The molecule has 3 fully saturated rings. The summed E-state index contributed by atoms with van der Waals surface area (Å²) in [6, 6.07) is 15.6. The highest BCUT2D eigenvalue weighted by Crippen LogP contribution is 2.39. The number of benzene rings is 2. The molecule has 0 N–H and O–H groups in total. The Kier molecular flexibility index (Phi) is 5.52. The third-order valence-corrected chi connectivity index (χ3v) is 7.00. The topological polar surface area (TPSA) is 24.9 Å². The lowest BCUT2D eigenvalue weighted by molar-refractivity contribution is -0.100. The van der Waals surface area contributed by atoms with Gasteiger partial charge >= 0.3 is 0 Å². The monoisotopic (exact) mass is 410 g/mol. The molecule has 1 atom stereocenters. The Morgan fingerprint density at radius 1 is 1.10 bits per heavy atom. The van der Waals surface area contributed by atoms with Gasteiger partial charge in [0.15, 0.2) is 0 Å². The molecule has 4 nitrogen and oxygen atoms in total. The van der Waals surface area contributed by atoms with Gasteiger partial charge in [-0.25, -0.2) is 4.39 Å². The zero-order valence-electron chi connectivity index (χ0n) is 17.7. The molecule has 0 radical (unpaired) electrons. The first-order chi connectivity index (χ1) is 14.6. The zero-order valence-corrected chi connectivity index (χ0v) is 17.7. The van der Waals surface area contributed by atoms with E-state index in [9.17, 15) is 4.39 Å². The van der Waals surface area contributed by atoms with Crippen LogP contribution in [-0.4, -0.2) is 61.3 Å². The van der Waals surface area contributed by atoms with Crippen molar-refractivity contribution in [1.82, 2.24) is 9.80 Å². The maximum Gasteiger partial charge on any atom is 0.123 e. The SMILES string of the molecule is CN1CC2(CC(N3CCC(c4cc(F)ccc4OCc4ccccc4)CC3)CO2)C1. The Morgan fingerprint density at radius 2 is 1.87 bits per heavy atom. The van der Waals surface area contributed by atoms with E-state index in [1.807, 2.05) is 18.2 Å². The van der Waals surface area contributed by atoms with Crippen molar-refractivity contribution in [2.45, 2.75) is 43.4 Å². The normalized spacial score (nSPS) is 24.8. The Morgan fingerprint density at radius 3 is 2.60 bits per heavy atom. The van der Waals surface area contributed by atoms with Gasteiger partial charge < -0.3 is 14.4 Å². The van der Waals surface area contributed by atoms with Crippen LogP contribution >= 0.6 is 0 Å². The van der Waals surface area contributed by atoms with Crippen molar-refractivity contribution in [3.8, 4) is 5.75 Å². The van der Waals surface area contributed by atoms with E-state index in [1.165, 1.54) is 6.07 Å². The first kappa shape index (κ1) is 20.0. The van der Waals surface area contributed by atoms with E-state index >= 15 is 0 Å². The van der Waals surface area contributed by atoms with Gasteiger partial charge in [0.25, 0.3) is 0 Å². The molecule has 0 amide bonds. The molecule has 2 aromatic carbocycles. The van der Waals surface area contributed by atoms with Crippen LogP contribution in [0.1, 0.15) is 36.3 Å². The highest BCUT2D eigenvalue weighted by Gasteiger charge is 2.49. The van der Waals surface area contributed by atoms with Gasteiger partial charge in [0.05, 0.1) is 12.2 Å². The van der Waals surface area contributed by atoms with Gasteiger partial charge in [0.2, 0.25) is 0 Å². The molecular weight excluding hydrogens is 379 g/mol. The summed E-state index contributed by atoms with van der Waals surface area (Å²) < 4.78 is 26.4. The first-order valence-electron chi connectivity index (χ1n) is 11.1. The molecule has 3 heterocycles. The van der Waals surface area contributed by atoms with Crippen LogP contribution < -0.4 is 4.74 Å². The van der Waals surface area contributed by atoms with Crippen molar-refractivity contribution in [3.63, 3.8) is 0 Å². The molecule has 3 aliphatic heterocycles. The average molecular weight is 411 g/mol. The summed E-state index contributed by atoms with van der Waals surface area (Å²) in [4.78, 5) is 4.92. The molecule has 2 aromatic rings. The minimum atomic E-state index is -0.181. The molecular formula is C25H31FN2O2. The van der Waals surface area contributed by atoms with Gasteiger partial charge in [-0.1, -0.05) is 30.3 Å². The van der Waals surface area contributed by atoms with Crippen molar-refractivity contribution in [3.05, 3.63) is 65.5 Å². The van der Waals surface area contributed by atoms with Crippen molar-refractivity contribution < 1.29 is 13.9 Å². The predicted octanol–water partition coefficient (Wildman–Crippen LogP) is 4.06. The van der Waals surface area contributed by atoms with Crippen LogP contribution in [0.5, 0.6) is 5.75 Å². The summed E-state index contributed by atoms with van der Waals surface area (Å²) in [5.74, 6) is 0.980. The molecule has 0 aliphatic carbocycles. The minimum absolute atomic E-state index is 0.108. The van der Waals surface area contributed by atoms with Crippen LogP contribution in [0.25, 0.3) is 0 Å². The average Bonchev–Trinajstić information content (AvgIpc) is 3.19. The van der Waals surface area contributed by atoms with E-state index in [0.29, 0.717) is 18.6 Å². The number of rotatable bonds is 5. The highest BCUT2D eigenvalue weighted by atomic mass is 19.1. The van der Waals surface area contributed by atoms with E-state index in [-0.39, 0.29) is 11.4 Å². The number of hydrogen-bond acceptors (Lipinski definition) is 4. The van der Waals surface area contributed by atoms with Gasteiger partial charge in [0, 0.05) is 24.7 Å². The van der Waals surface area contributed by atoms with Crippen molar-refractivity contribution in [1.29, 1.82) is 0 Å². The van der Waals surface area contributed by atoms with Gasteiger partial charge in [0.1, 0.15) is 18.2 Å². The second kappa shape index (κ2) is 8.29. The lowest BCUT2D eigenvalue weighted by Crippen LogP contribution is -2.60. The molecule has 1 spiro atoms. The Labute approximate surface area is 178 Å². The van der Waals surface area contributed by atoms with Gasteiger partial charge in [-0.05, 0) is 69.1 Å². The molecule has 5 heteroatoms. The fourth-order valence-corrected chi connectivity index (χ4v) is 5.49. The van der Waals surface area contributed by atoms with Crippen molar-refractivity contribution in [2.24, 2.45) is 0 Å². The molecule has 3 aliphatic rings. The van der Waals surface area contributed by atoms with Crippen molar-refractivity contribution in [2.75, 3.05) is 39.8 Å². The maximum absolute atomic E-state index is 14.1. The fraction of sp³-hybridized carbons (Fsp3) is 0.520. The maximum atomic E-state index is 14.1. The van der Waals surface area contributed by atoms with Crippen molar-refractivity contribution >= 4 is 0 Å². The lowest BCUT2D eigenvalue weighted by Gasteiger charge is -2.45. The van der Waals surface area contributed by atoms with Crippen LogP contribution in [-0.2, 0) is 11.3 Å². The number of hydrogen-bond donors (Lipinski definition) is 0. The second-order valence-electron chi connectivity index (χ2n) is 9.29. The number of ether oxygens (including phenoxy) is 2. The second-order valence-corrected chi connectivity index (χ2v) is 9.29. The summed E-state index contributed by atoms with van der Waals surface area (Å²) in [7, 11) is 2.16. The van der Waals surface area contributed by atoms with Crippen LogP contribution in [0, 0.1) is 5.82 Å². The van der Waals surface area contributed by atoms with E-state index in [2.05, 4.69) is 29.0 Å². The van der Waals surface area contributed by atoms with E-state index < -0.39 is 0 Å². The number of piperidine rings is 1.